The minimum Gasteiger partial charge on any atom is -0.490 e. The number of methoxy groups -OCH3 is 1. The molecule has 0 saturated heterocycles. The zero-order valence-electron chi connectivity index (χ0n) is 19.2. The van der Waals surface area contributed by atoms with Crippen molar-refractivity contribution < 1.29 is 28.5 Å². The molecule has 0 bridgehead atoms. The Labute approximate surface area is 200 Å². The summed E-state index contributed by atoms with van der Waals surface area (Å²) < 4.78 is 27.9. The van der Waals surface area contributed by atoms with Crippen molar-refractivity contribution >= 4 is 5.97 Å². The largest absolute Gasteiger partial charge is 0.490 e. The van der Waals surface area contributed by atoms with Gasteiger partial charge in [0.2, 0.25) is 0 Å². The molecule has 0 aliphatic heterocycles. The molecule has 3 aromatic carbocycles. The number of carbonyl (C=O) groups is 1. The molecule has 0 aliphatic rings. The Hall–Kier alpha value is -4.19. The van der Waals surface area contributed by atoms with Crippen molar-refractivity contribution in [3.05, 3.63) is 109 Å². The van der Waals surface area contributed by atoms with Gasteiger partial charge in [0.05, 0.1) is 12.7 Å². The van der Waals surface area contributed by atoms with Crippen LogP contribution in [-0.4, -0.2) is 26.3 Å². The topological polar surface area (TPSA) is 63.2 Å². The number of hydrogen-bond acceptors (Lipinski definition) is 6. The van der Waals surface area contributed by atoms with Gasteiger partial charge < -0.3 is 23.7 Å². The first kappa shape index (κ1) is 24.5. The van der Waals surface area contributed by atoms with Crippen molar-refractivity contribution in [2.24, 2.45) is 0 Å². The van der Waals surface area contributed by atoms with E-state index in [0.29, 0.717) is 30.3 Å². The molecule has 6 nitrogen and oxygen atoms in total. The summed E-state index contributed by atoms with van der Waals surface area (Å²) in [4.78, 5) is 12.2. The molecule has 3 aromatic rings. The second-order valence-electron chi connectivity index (χ2n) is 7.26. The second-order valence-corrected chi connectivity index (χ2v) is 7.26. The summed E-state index contributed by atoms with van der Waals surface area (Å²) in [5, 5.41) is 0. The van der Waals surface area contributed by atoms with Crippen LogP contribution in [0.3, 0.4) is 0 Å². The van der Waals surface area contributed by atoms with E-state index in [-0.39, 0.29) is 13.2 Å². The first-order valence-electron chi connectivity index (χ1n) is 10.8. The standard InChI is InChI=1S/C28H28O6/c1-4-12-31-24-10-6-8-21(14-24)19-33-26-16-23(28(29)30-3)17-27(18-26)34-20-22-9-7-11-25(15-22)32-13-5-2/h4-11,14-18H,1-2,12-13,19-20H2,3H3. The highest BCUT2D eigenvalue weighted by atomic mass is 16.5. The molecule has 0 fully saturated rings. The molecular formula is C28H28O6. The summed E-state index contributed by atoms with van der Waals surface area (Å²) in [6.45, 7) is 8.74. The molecular weight excluding hydrogens is 432 g/mol. The lowest BCUT2D eigenvalue weighted by Crippen LogP contribution is -2.04. The van der Waals surface area contributed by atoms with E-state index in [1.165, 1.54) is 7.11 Å². The zero-order chi connectivity index (χ0) is 24.2. The quantitative estimate of drug-likeness (QED) is 0.239. The smallest absolute Gasteiger partial charge is 0.338 e. The van der Waals surface area contributed by atoms with Crippen LogP contribution in [0.15, 0.2) is 92.0 Å². The molecule has 0 spiro atoms. The molecule has 6 heteroatoms. The molecule has 0 amide bonds. The second kappa shape index (κ2) is 12.7. The van der Waals surface area contributed by atoms with E-state index in [1.807, 2.05) is 48.5 Å². The maximum absolute atomic E-state index is 12.2. The fourth-order valence-electron chi connectivity index (χ4n) is 3.07. The van der Waals surface area contributed by atoms with Gasteiger partial charge in [0, 0.05) is 6.07 Å². The number of benzene rings is 3. The van der Waals surface area contributed by atoms with Gasteiger partial charge in [-0.15, -0.1) is 0 Å². The molecule has 0 atom stereocenters. The van der Waals surface area contributed by atoms with Crippen LogP contribution in [0.25, 0.3) is 0 Å². The predicted molar refractivity (Wildman–Crippen MR) is 131 cm³/mol. The maximum Gasteiger partial charge on any atom is 0.338 e. The lowest BCUT2D eigenvalue weighted by Gasteiger charge is -2.13. The Morgan fingerprint density at radius 3 is 1.65 bits per heavy atom. The van der Waals surface area contributed by atoms with Crippen LogP contribution in [0.4, 0.5) is 0 Å². The van der Waals surface area contributed by atoms with Crippen LogP contribution in [0.1, 0.15) is 21.5 Å². The van der Waals surface area contributed by atoms with E-state index in [2.05, 4.69) is 13.2 Å². The van der Waals surface area contributed by atoms with E-state index >= 15 is 0 Å². The minimum absolute atomic E-state index is 0.290. The van der Waals surface area contributed by atoms with Gasteiger partial charge in [0.1, 0.15) is 49.4 Å². The summed E-state index contributed by atoms with van der Waals surface area (Å²) in [6, 6.07) is 20.2. The Morgan fingerprint density at radius 2 is 1.21 bits per heavy atom. The van der Waals surface area contributed by atoms with E-state index in [1.54, 1.807) is 30.4 Å². The monoisotopic (exact) mass is 460 g/mol. The highest BCUT2D eigenvalue weighted by molar-refractivity contribution is 5.90. The third-order valence-electron chi connectivity index (χ3n) is 4.64. The van der Waals surface area contributed by atoms with Gasteiger partial charge in [-0.3, -0.25) is 0 Å². The van der Waals surface area contributed by atoms with Gasteiger partial charge >= 0.3 is 5.97 Å². The Balaban J connectivity index is 1.71. The van der Waals surface area contributed by atoms with Gasteiger partial charge in [0.15, 0.2) is 0 Å². The van der Waals surface area contributed by atoms with Crippen molar-refractivity contribution in [1.82, 2.24) is 0 Å². The van der Waals surface area contributed by atoms with Gasteiger partial charge in [-0.1, -0.05) is 49.6 Å². The molecule has 34 heavy (non-hydrogen) atoms. The molecule has 0 heterocycles. The van der Waals surface area contributed by atoms with E-state index < -0.39 is 5.97 Å². The van der Waals surface area contributed by atoms with Crippen LogP contribution in [0.5, 0.6) is 23.0 Å². The number of rotatable bonds is 13. The third-order valence-corrected chi connectivity index (χ3v) is 4.64. The Morgan fingerprint density at radius 1 is 0.706 bits per heavy atom. The normalized spacial score (nSPS) is 10.1. The van der Waals surface area contributed by atoms with Crippen molar-refractivity contribution in [3.8, 4) is 23.0 Å². The molecule has 3 rings (SSSR count). The molecule has 0 aliphatic carbocycles. The highest BCUT2D eigenvalue weighted by Crippen LogP contribution is 2.26. The number of ether oxygens (including phenoxy) is 5. The average Bonchev–Trinajstić information content (AvgIpc) is 2.88. The van der Waals surface area contributed by atoms with E-state index in [9.17, 15) is 4.79 Å². The van der Waals surface area contributed by atoms with Gasteiger partial charge in [-0.25, -0.2) is 4.79 Å². The summed E-state index contributed by atoms with van der Waals surface area (Å²) in [6.07, 6.45) is 3.38. The first-order chi connectivity index (χ1) is 16.6. The third kappa shape index (κ3) is 7.45. The molecule has 0 aromatic heterocycles. The van der Waals surface area contributed by atoms with Gasteiger partial charge in [0.25, 0.3) is 0 Å². The predicted octanol–water partition coefficient (Wildman–Crippen LogP) is 5.76. The Bertz CT molecular complexity index is 1040. The van der Waals surface area contributed by atoms with Gasteiger partial charge in [-0.2, -0.15) is 0 Å². The molecule has 176 valence electrons. The van der Waals surface area contributed by atoms with Crippen molar-refractivity contribution in [3.63, 3.8) is 0 Å². The van der Waals surface area contributed by atoms with Crippen LogP contribution in [-0.2, 0) is 18.0 Å². The highest BCUT2D eigenvalue weighted by Gasteiger charge is 2.11. The lowest BCUT2D eigenvalue weighted by atomic mass is 10.2. The number of carbonyl (C=O) groups excluding carboxylic acids is 1. The fraction of sp³-hybridized carbons (Fsp3) is 0.179. The maximum atomic E-state index is 12.2. The number of hydrogen-bond donors (Lipinski definition) is 0. The molecule has 0 saturated carbocycles. The Kier molecular flexibility index (Phi) is 9.17. The lowest BCUT2D eigenvalue weighted by molar-refractivity contribution is 0.0599. The van der Waals surface area contributed by atoms with Crippen LogP contribution in [0, 0.1) is 0 Å². The van der Waals surface area contributed by atoms with E-state index in [4.69, 9.17) is 23.7 Å². The van der Waals surface area contributed by atoms with Crippen molar-refractivity contribution in [2.75, 3.05) is 20.3 Å². The van der Waals surface area contributed by atoms with Crippen molar-refractivity contribution in [2.45, 2.75) is 13.2 Å². The van der Waals surface area contributed by atoms with E-state index in [0.717, 1.165) is 22.6 Å². The minimum atomic E-state index is -0.477. The van der Waals surface area contributed by atoms with Crippen LogP contribution in [0.2, 0.25) is 0 Å². The van der Waals surface area contributed by atoms with Crippen LogP contribution < -0.4 is 18.9 Å². The van der Waals surface area contributed by atoms with Crippen LogP contribution >= 0.6 is 0 Å². The fourth-order valence-corrected chi connectivity index (χ4v) is 3.07. The SMILES string of the molecule is C=CCOc1cccc(COc2cc(OCc3cccc(OCC=C)c3)cc(C(=O)OC)c2)c1. The average molecular weight is 461 g/mol. The zero-order valence-corrected chi connectivity index (χ0v) is 19.2. The summed E-state index contributed by atoms with van der Waals surface area (Å²) in [7, 11) is 1.33. The molecule has 0 radical (unpaired) electrons. The molecule has 0 N–H and O–H groups in total. The first-order valence-corrected chi connectivity index (χ1v) is 10.8. The number of esters is 1. The summed E-state index contributed by atoms with van der Waals surface area (Å²) in [5.74, 6) is 1.95. The molecule has 0 unspecified atom stereocenters. The van der Waals surface area contributed by atoms with Crippen molar-refractivity contribution in [1.29, 1.82) is 0 Å². The summed E-state index contributed by atoms with van der Waals surface area (Å²) >= 11 is 0. The summed E-state index contributed by atoms with van der Waals surface area (Å²) in [5.41, 5.74) is 2.17. The van der Waals surface area contributed by atoms with Gasteiger partial charge in [-0.05, 0) is 47.5 Å².